The number of rotatable bonds is 5. The average Bonchev–Trinajstić information content (AvgIpc) is 2.21. The van der Waals surface area contributed by atoms with Gasteiger partial charge in [0.05, 0.1) is 0 Å². The fourth-order valence-electron chi connectivity index (χ4n) is 1.25. The summed E-state index contributed by atoms with van der Waals surface area (Å²) in [5.41, 5.74) is 8.17. The predicted octanol–water partition coefficient (Wildman–Crippen LogP) is 1.68. The van der Waals surface area contributed by atoms with Crippen LogP contribution in [0, 0.1) is 12.8 Å². The van der Waals surface area contributed by atoms with Gasteiger partial charge in [0.2, 0.25) is 0 Å². The first kappa shape index (κ1) is 11.2. The quantitative estimate of drug-likeness (QED) is 0.745. The zero-order valence-corrected chi connectivity index (χ0v) is 9.09. The molecule has 0 aliphatic carbocycles. The average molecular weight is 192 g/mol. The van der Waals surface area contributed by atoms with Crippen LogP contribution in [-0.2, 0) is 6.54 Å². The summed E-state index contributed by atoms with van der Waals surface area (Å²) >= 11 is 0. The van der Waals surface area contributed by atoms with Crippen molar-refractivity contribution in [1.29, 1.82) is 0 Å². The van der Waals surface area contributed by atoms with Crippen LogP contribution >= 0.6 is 0 Å². The minimum Gasteiger partial charge on any atom is -0.330 e. The largest absolute Gasteiger partial charge is 0.330 e. The lowest BCUT2D eigenvalue weighted by atomic mass is 10.1. The van der Waals surface area contributed by atoms with Crippen LogP contribution in [-0.4, -0.2) is 13.1 Å². The molecule has 0 heterocycles. The van der Waals surface area contributed by atoms with E-state index in [-0.39, 0.29) is 0 Å². The van der Waals surface area contributed by atoms with Gasteiger partial charge in [-0.3, -0.25) is 0 Å². The molecule has 78 valence electrons. The SMILES string of the molecule is Cc1ccc(CNCC(C)CN)cc1. The first-order chi connectivity index (χ1) is 6.72. The highest BCUT2D eigenvalue weighted by atomic mass is 14.9. The van der Waals surface area contributed by atoms with E-state index in [0.717, 1.165) is 19.6 Å². The zero-order valence-electron chi connectivity index (χ0n) is 9.09. The van der Waals surface area contributed by atoms with E-state index >= 15 is 0 Å². The monoisotopic (exact) mass is 192 g/mol. The van der Waals surface area contributed by atoms with E-state index in [1.165, 1.54) is 11.1 Å². The molecule has 2 heteroatoms. The summed E-state index contributed by atoms with van der Waals surface area (Å²) in [7, 11) is 0. The van der Waals surface area contributed by atoms with Gasteiger partial charge in [0.25, 0.3) is 0 Å². The minimum atomic E-state index is 0.556. The van der Waals surface area contributed by atoms with Crippen LogP contribution in [0.15, 0.2) is 24.3 Å². The van der Waals surface area contributed by atoms with Crippen LogP contribution in [0.2, 0.25) is 0 Å². The maximum atomic E-state index is 5.53. The lowest BCUT2D eigenvalue weighted by Gasteiger charge is -2.09. The molecule has 0 aliphatic heterocycles. The minimum absolute atomic E-state index is 0.556. The van der Waals surface area contributed by atoms with Crippen LogP contribution in [0.4, 0.5) is 0 Å². The topological polar surface area (TPSA) is 38.0 Å². The number of hydrogen-bond acceptors (Lipinski definition) is 2. The summed E-state index contributed by atoms with van der Waals surface area (Å²) in [6.45, 7) is 6.94. The van der Waals surface area contributed by atoms with Gasteiger partial charge in [-0.25, -0.2) is 0 Å². The molecule has 1 aromatic carbocycles. The second kappa shape index (κ2) is 5.78. The highest BCUT2D eigenvalue weighted by Crippen LogP contribution is 2.02. The fourth-order valence-corrected chi connectivity index (χ4v) is 1.25. The molecule has 1 atom stereocenters. The van der Waals surface area contributed by atoms with Gasteiger partial charge in [0, 0.05) is 6.54 Å². The van der Waals surface area contributed by atoms with Gasteiger partial charge in [-0.05, 0) is 31.5 Å². The van der Waals surface area contributed by atoms with E-state index in [1.54, 1.807) is 0 Å². The third-order valence-corrected chi connectivity index (χ3v) is 2.34. The molecule has 0 bridgehead atoms. The Hall–Kier alpha value is -0.860. The molecular weight excluding hydrogens is 172 g/mol. The summed E-state index contributed by atoms with van der Waals surface area (Å²) in [5, 5.41) is 3.39. The Labute approximate surface area is 86.5 Å². The van der Waals surface area contributed by atoms with Gasteiger partial charge < -0.3 is 11.1 Å². The van der Waals surface area contributed by atoms with Gasteiger partial charge in [0.1, 0.15) is 0 Å². The Bertz CT molecular complexity index is 254. The van der Waals surface area contributed by atoms with Crippen LogP contribution in [0.3, 0.4) is 0 Å². The van der Waals surface area contributed by atoms with Crippen molar-refractivity contribution in [3.8, 4) is 0 Å². The number of benzene rings is 1. The molecule has 0 radical (unpaired) electrons. The Morgan fingerprint density at radius 2 is 1.93 bits per heavy atom. The second-order valence-corrected chi connectivity index (χ2v) is 3.96. The van der Waals surface area contributed by atoms with E-state index in [2.05, 4.69) is 43.4 Å². The molecule has 1 aromatic rings. The van der Waals surface area contributed by atoms with E-state index in [0.29, 0.717) is 5.92 Å². The predicted molar refractivity (Wildman–Crippen MR) is 61.1 cm³/mol. The molecule has 1 rings (SSSR count). The molecule has 0 amide bonds. The molecule has 0 fully saturated rings. The van der Waals surface area contributed by atoms with Crippen molar-refractivity contribution >= 4 is 0 Å². The highest BCUT2D eigenvalue weighted by molar-refractivity contribution is 5.20. The smallest absolute Gasteiger partial charge is 0.0205 e. The lowest BCUT2D eigenvalue weighted by molar-refractivity contribution is 0.522. The zero-order chi connectivity index (χ0) is 10.4. The van der Waals surface area contributed by atoms with E-state index in [1.807, 2.05) is 0 Å². The molecule has 2 nitrogen and oxygen atoms in total. The van der Waals surface area contributed by atoms with Gasteiger partial charge in [-0.1, -0.05) is 36.8 Å². The van der Waals surface area contributed by atoms with Crippen molar-refractivity contribution in [2.24, 2.45) is 11.7 Å². The summed E-state index contributed by atoms with van der Waals surface area (Å²) in [6.07, 6.45) is 0. The third-order valence-electron chi connectivity index (χ3n) is 2.34. The van der Waals surface area contributed by atoms with Crippen molar-refractivity contribution in [1.82, 2.24) is 5.32 Å². The Morgan fingerprint density at radius 3 is 2.50 bits per heavy atom. The molecule has 0 aromatic heterocycles. The second-order valence-electron chi connectivity index (χ2n) is 3.96. The fraction of sp³-hybridized carbons (Fsp3) is 0.500. The van der Waals surface area contributed by atoms with Crippen LogP contribution in [0.1, 0.15) is 18.1 Å². The highest BCUT2D eigenvalue weighted by Gasteiger charge is 1.97. The normalized spacial score (nSPS) is 12.8. The first-order valence-corrected chi connectivity index (χ1v) is 5.18. The summed E-state index contributed by atoms with van der Waals surface area (Å²) in [6, 6.07) is 8.61. The number of hydrogen-bond donors (Lipinski definition) is 2. The molecule has 0 aliphatic rings. The molecule has 14 heavy (non-hydrogen) atoms. The van der Waals surface area contributed by atoms with Crippen molar-refractivity contribution in [2.45, 2.75) is 20.4 Å². The van der Waals surface area contributed by atoms with Crippen molar-refractivity contribution in [3.63, 3.8) is 0 Å². The third kappa shape index (κ3) is 3.90. The van der Waals surface area contributed by atoms with Crippen LogP contribution in [0.25, 0.3) is 0 Å². The van der Waals surface area contributed by atoms with E-state index in [9.17, 15) is 0 Å². The van der Waals surface area contributed by atoms with Crippen molar-refractivity contribution < 1.29 is 0 Å². The van der Waals surface area contributed by atoms with Gasteiger partial charge in [-0.15, -0.1) is 0 Å². The molecular formula is C12H20N2. The molecule has 1 unspecified atom stereocenters. The van der Waals surface area contributed by atoms with Crippen molar-refractivity contribution in [2.75, 3.05) is 13.1 Å². The number of nitrogens with one attached hydrogen (secondary N) is 1. The maximum absolute atomic E-state index is 5.53. The summed E-state index contributed by atoms with van der Waals surface area (Å²) in [5.74, 6) is 0.556. The Kier molecular flexibility index (Phi) is 4.63. The van der Waals surface area contributed by atoms with E-state index in [4.69, 9.17) is 5.73 Å². The van der Waals surface area contributed by atoms with Gasteiger partial charge >= 0.3 is 0 Å². The van der Waals surface area contributed by atoms with Gasteiger partial charge in [-0.2, -0.15) is 0 Å². The maximum Gasteiger partial charge on any atom is 0.0205 e. The molecule has 0 spiro atoms. The summed E-state index contributed by atoms with van der Waals surface area (Å²) < 4.78 is 0. The molecule has 0 saturated carbocycles. The van der Waals surface area contributed by atoms with Crippen LogP contribution in [0.5, 0.6) is 0 Å². The summed E-state index contributed by atoms with van der Waals surface area (Å²) in [4.78, 5) is 0. The molecule has 3 N–H and O–H groups in total. The van der Waals surface area contributed by atoms with E-state index < -0.39 is 0 Å². The van der Waals surface area contributed by atoms with Crippen LogP contribution < -0.4 is 11.1 Å². The number of nitrogens with two attached hydrogens (primary N) is 1. The Morgan fingerprint density at radius 1 is 1.29 bits per heavy atom. The number of aryl methyl sites for hydroxylation is 1. The first-order valence-electron chi connectivity index (χ1n) is 5.18. The standard InChI is InChI=1S/C12H20N2/c1-10-3-5-12(6-4-10)9-14-8-11(2)7-13/h3-6,11,14H,7-9,13H2,1-2H3. The van der Waals surface area contributed by atoms with Crippen molar-refractivity contribution in [3.05, 3.63) is 35.4 Å². The molecule has 0 saturated heterocycles. The Balaban J connectivity index is 2.28. The van der Waals surface area contributed by atoms with Gasteiger partial charge in [0.15, 0.2) is 0 Å². The lowest BCUT2D eigenvalue weighted by Crippen LogP contribution is -2.25.